The highest BCUT2D eigenvalue weighted by Gasteiger charge is 2.49. The number of carbonyl (C=O) groups excluding carboxylic acids is 1. The fourth-order valence-corrected chi connectivity index (χ4v) is 5.44. The zero-order valence-electron chi connectivity index (χ0n) is 16.2. The third-order valence-corrected chi connectivity index (χ3v) is 6.79. The largest absolute Gasteiger partial charge is 0.493 e. The molecule has 0 amide bonds. The van der Waals surface area contributed by atoms with Gasteiger partial charge in [-0.2, -0.15) is 0 Å². The Hall–Kier alpha value is -1.55. The number of halogens is 1. The van der Waals surface area contributed by atoms with E-state index in [0.29, 0.717) is 11.5 Å². The van der Waals surface area contributed by atoms with E-state index in [0.717, 1.165) is 29.3 Å². The normalized spacial score (nSPS) is 27.4. The highest BCUT2D eigenvalue weighted by atomic mass is 79.9. The van der Waals surface area contributed by atoms with Crippen LogP contribution in [-0.4, -0.2) is 20.0 Å². The van der Waals surface area contributed by atoms with Crippen molar-refractivity contribution in [2.45, 2.75) is 46.0 Å². The van der Waals surface area contributed by atoms with Crippen molar-refractivity contribution in [2.75, 3.05) is 14.2 Å². The molecule has 0 bridgehead atoms. The number of hydrogen-bond acceptors (Lipinski definition) is 3. The second-order valence-corrected chi connectivity index (χ2v) is 9.01. The van der Waals surface area contributed by atoms with Crippen LogP contribution in [0, 0.1) is 10.8 Å². The molecule has 26 heavy (non-hydrogen) atoms. The standard InChI is InChI=1S/C22H27BrO3/c1-21(2)10-7-11-22(3)19(21)9-6-8-16(24)20(22)14-12-17(25-4)18(26-5)13-15(14)23/h6,8-9,12-13,20H,7,10-11H2,1-5H3. The fourth-order valence-electron chi connectivity index (χ4n) is 4.89. The van der Waals surface area contributed by atoms with Gasteiger partial charge in [0.05, 0.1) is 20.1 Å². The average Bonchev–Trinajstić information content (AvgIpc) is 2.71. The van der Waals surface area contributed by atoms with Gasteiger partial charge >= 0.3 is 0 Å². The van der Waals surface area contributed by atoms with Crippen molar-refractivity contribution in [2.24, 2.45) is 10.8 Å². The summed E-state index contributed by atoms with van der Waals surface area (Å²) in [5.74, 6) is 1.20. The number of fused-ring (bicyclic) bond motifs is 1. The van der Waals surface area contributed by atoms with Crippen LogP contribution in [0.2, 0.25) is 0 Å². The number of hydrogen-bond donors (Lipinski definition) is 0. The maximum atomic E-state index is 13.2. The van der Waals surface area contributed by atoms with Crippen LogP contribution >= 0.6 is 15.9 Å². The Labute approximate surface area is 164 Å². The molecule has 2 unspecified atom stereocenters. The monoisotopic (exact) mass is 418 g/mol. The molecule has 0 N–H and O–H groups in total. The molecule has 0 saturated heterocycles. The lowest BCUT2D eigenvalue weighted by molar-refractivity contribution is -0.118. The Morgan fingerprint density at radius 1 is 1.08 bits per heavy atom. The summed E-state index contributed by atoms with van der Waals surface area (Å²) in [5, 5.41) is 0. The van der Waals surface area contributed by atoms with E-state index in [1.54, 1.807) is 20.3 Å². The lowest BCUT2D eigenvalue weighted by atomic mass is 9.54. The van der Waals surface area contributed by atoms with Crippen LogP contribution in [0.3, 0.4) is 0 Å². The molecule has 0 aromatic heterocycles. The molecular weight excluding hydrogens is 392 g/mol. The first kappa shape index (κ1) is 19.2. The second-order valence-electron chi connectivity index (χ2n) is 8.16. The number of methoxy groups -OCH3 is 2. The van der Waals surface area contributed by atoms with Crippen LogP contribution in [0.4, 0.5) is 0 Å². The molecular formula is C22H27BrO3. The maximum absolute atomic E-state index is 13.2. The molecule has 2 atom stereocenters. The van der Waals surface area contributed by atoms with Gasteiger partial charge in [0.1, 0.15) is 0 Å². The third-order valence-electron chi connectivity index (χ3n) is 6.10. The van der Waals surface area contributed by atoms with Crippen LogP contribution in [0.15, 0.2) is 40.4 Å². The quantitative estimate of drug-likeness (QED) is 0.618. The van der Waals surface area contributed by atoms with E-state index in [-0.39, 0.29) is 22.5 Å². The first-order valence-corrected chi connectivity index (χ1v) is 9.88. The Kier molecular flexibility index (Phi) is 5.08. The van der Waals surface area contributed by atoms with Gasteiger partial charge in [-0.15, -0.1) is 0 Å². The van der Waals surface area contributed by atoms with Gasteiger partial charge in [0.15, 0.2) is 17.3 Å². The van der Waals surface area contributed by atoms with Gasteiger partial charge in [-0.1, -0.05) is 60.8 Å². The van der Waals surface area contributed by atoms with E-state index >= 15 is 0 Å². The molecule has 1 aromatic carbocycles. The van der Waals surface area contributed by atoms with Crippen LogP contribution in [0.5, 0.6) is 11.5 Å². The van der Waals surface area contributed by atoms with Crippen molar-refractivity contribution in [1.29, 1.82) is 0 Å². The van der Waals surface area contributed by atoms with Gasteiger partial charge in [-0.25, -0.2) is 0 Å². The summed E-state index contributed by atoms with van der Waals surface area (Å²) in [4.78, 5) is 13.2. The van der Waals surface area contributed by atoms with Crippen molar-refractivity contribution in [3.63, 3.8) is 0 Å². The Morgan fingerprint density at radius 3 is 2.38 bits per heavy atom. The molecule has 0 spiro atoms. The number of carbonyl (C=O) groups is 1. The molecule has 140 valence electrons. The predicted octanol–water partition coefficient (Wildman–Crippen LogP) is 5.83. The summed E-state index contributed by atoms with van der Waals surface area (Å²) in [6.07, 6.45) is 9.09. The molecule has 4 heteroatoms. The van der Waals surface area contributed by atoms with Gasteiger partial charge < -0.3 is 9.47 Å². The van der Waals surface area contributed by atoms with Gasteiger partial charge in [-0.3, -0.25) is 4.79 Å². The van der Waals surface area contributed by atoms with E-state index < -0.39 is 0 Å². The topological polar surface area (TPSA) is 35.5 Å². The van der Waals surface area contributed by atoms with Crippen LogP contribution < -0.4 is 9.47 Å². The molecule has 0 heterocycles. The number of benzene rings is 1. The molecule has 1 saturated carbocycles. The summed E-state index contributed by atoms with van der Waals surface area (Å²) in [6.45, 7) is 6.83. The Balaban J connectivity index is 2.21. The number of rotatable bonds is 3. The van der Waals surface area contributed by atoms with Crippen molar-refractivity contribution >= 4 is 21.7 Å². The van der Waals surface area contributed by atoms with Crippen molar-refractivity contribution in [3.05, 3.63) is 46.0 Å². The first-order valence-electron chi connectivity index (χ1n) is 9.09. The zero-order valence-corrected chi connectivity index (χ0v) is 17.8. The maximum Gasteiger partial charge on any atom is 0.164 e. The van der Waals surface area contributed by atoms with Crippen molar-refractivity contribution in [3.8, 4) is 11.5 Å². The molecule has 0 radical (unpaired) electrons. The molecule has 0 aliphatic heterocycles. The fraction of sp³-hybridized carbons (Fsp3) is 0.500. The summed E-state index contributed by atoms with van der Waals surface area (Å²) in [5.41, 5.74) is 2.20. The van der Waals surface area contributed by atoms with Gasteiger partial charge in [-0.05, 0) is 42.0 Å². The summed E-state index contributed by atoms with van der Waals surface area (Å²) >= 11 is 3.68. The van der Waals surface area contributed by atoms with E-state index in [2.05, 4.69) is 42.8 Å². The second kappa shape index (κ2) is 6.88. The molecule has 2 aliphatic rings. The van der Waals surface area contributed by atoms with E-state index in [1.807, 2.05) is 18.2 Å². The lowest BCUT2D eigenvalue weighted by Crippen LogP contribution is -2.40. The van der Waals surface area contributed by atoms with Crippen molar-refractivity contribution in [1.82, 2.24) is 0 Å². The van der Waals surface area contributed by atoms with Gasteiger partial charge in [0.25, 0.3) is 0 Å². The van der Waals surface area contributed by atoms with Gasteiger partial charge in [0.2, 0.25) is 0 Å². The summed E-state index contributed by atoms with van der Waals surface area (Å²) in [6, 6.07) is 3.85. The number of ether oxygens (including phenoxy) is 2. The van der Waals surface area contributed by atoms with E-state index in [1.165, 1.54) is 5.57 Å². The number of ketones is 1. The SMILES string of the molecule is COc1cc(Br)c(C2C(=O)C=CC=C3C(C)(C)CCCC32C)cc1OC. The molecule has 2 aliphatic carbocycles. The van der Waals surface area contributed by atoms with Crippen LogP contribution in [0.1, 0.15) is 51.5 Å². The van der Waals surface area contributed by atoms with E-state index in [9.17, 15) is 4.79 Å². The van der Waals surface area contributed by atoms with E-state index in [4.69, 9.17) is 9.47 Å². The minimum atomic E-state index is -0.249. The van der Waals surface area contributed by atoms with Gasteiger partial charge in [0, 0.05) is 9.89 Å². The number of allylic oxidation sites excluding steroid dienone is 4. The predicted molar refractivity (Wildman–Crippen MR) is 108 cm³/mol. The van der Waals surface area contributed by atoms with Crippen LogP contribution in [0.25, 0.3) is 0 Å². The third kappa shape index (κ3) is 3.02. The molecule has 1 fully saturated rings. The molecule has 3 rings (SSSR count). The van der Waals surface area contributed by atoms with Crippen LogP contribution in [-0.2, 0) is 4.79 Å². The highest BCUT2D eigenvalue weighted by molar-refractivity contribution is 9.10. The lowest BCUT2D eigenvalue weighted by Gasteiger charge is -2.49. The van der Waals surface area contributed by atoms with Crippen molar-refractivity contribution < 1.29 is 14.3 Å². The zero-order chi connectivity index (χ0) is 19.1. The first-order chi connectivity index (χ1) is 12.2. The minimum Gasteiger partial charge on any atom is -0.493 e. The Bertz CT molecular complexity index is 791. The summed E-state index contributed by atoms with van der Waals surface area (Å²) in [7, 11) is 3.25. The molecule has 3 nitrogen and oxygen atoms in total. The smallest absolute Gasteiger partial charge is 0.164 e. The average molecular weight is 419 g/mol. The highest BCUT2D eigenvalue weighted by Crippen LogP contribution is 2.59. The molecule has 1 aromatic rings. The Morgan fingerprint density at radius 2 is 1.73 bits per heavy atom. The summed E-state index contributed by atoms with van der Waals surface area (Å²) < 4.78 is 11.8. The minimum absolute atomic E-state index is 0.0866.